The number of aromatic carboxylic acids is 1. The van der Waals surface area contributed by atoms with E-state index in [-0.39, 0.29) is 22.8 Å². The van der Waals surface area contributed by atoms with Crippen LogP contribution >= 0.6 is 0 Å². The molecule has 8 heteroatoms. The predicted octanol–water partition coefficient (Wildman–Crippen LogP) is 1.70. The second-order valence-corrected chi connectivity index (χ2v) is 6.45. The van der Waals surface area contributed by atoms with Gasteiger partial charge in [0.2, 0.25) is 0 Å². The van der Waals surface area contributed by atoms with Gasteiger partial charge in [-0.3, -0.25) is 0 Å². The molecule has 0 saturated heterocycles. The molecule has 2 aromatic heterocycles. The molecular weight excluding hydrogens is 296 g/mol. The Kier molecular flexibility index (Phi) is 3.99. The van der Waals surface area contributed by atoms with Crippen molar-refractivity contribution in [2.75, 3.05) is 11.6 Å². The average molecular weight is 310 g/mol. The molecule has 0 spiro atoms. The number of sulfone groups is 1. The Hall–Kier alpha value is -2.35. The Bertz CT molecular complexity index is 780. The van der Waals surface area contributed by atoms with Crippen LogP contribution in [0.4, 0.5) is 5.82 Å². The smallest absolute Gasteiger partial charge is 0.339 e. The lowest BCUT2D eigenvalue weighted by atomic mass is 10.2. The number of aryl methyl sites for hydroxylation is 1. The van der Waals surface area contributed by atoms with Crippen LogP contribution in [0.15, 0.2) is 33.7 Å². The number of hydrogen-bond acceptors (Lipinski definition) is 6. The van der Waals surface area contributed by atoms with Crippen LogP contribution in [0.25, 0.3) is 0 Å². The molecule has 0 saturated carbocycles. The molecule has 2 heterocycles. The summed E-state index contributed by atoms with van der Waals surface area (Å²) in [6.07, 6.45) is 2.56. The van der Waals surface area contributed by atoms with Gasteiger partial charge in [0.1, 0.15) is 27.8 Å². The minimum Gasteiger partial charge on any atom is -0.478 e. The fourth-order valence-corrected chi connectivity index (χ4v) is 2.64. The highest BCUT2D eigenvalue weighted by Gasteiger charge is 2.16. The SMILES string of the molecule is Cc1oc(CNc2ncccc2S(C)(=O)=O)cc1C(=O)O. The van der Waals surface area contributed by atoms with E-state index >= 15 is 0 Å². The standard InChI is InChI=1S/C13H14N2O5S/c1-8-10(13(16)17)6-9(20-8)7-15-12-11(21(2,18)19)4-3-5-14-12/h3-6H,7H2,1-2H3,(H,14,15)(H,16,17). The van der Waals surface area contributed by atoms with Crippen LogP contribution in [0.5, 0.6) is 0 Å². The summed E-state index contributed by atoms with van der Waals surface area (Å²) in [5.41, 5.74) is 0.0798. The molecule has 0 fully saturated rings. The zero-order valence-corrected chi connectivity index (χ0v) is 12.3. The first-order valence-electron chi connectivity index (χ1n) is 6.00. The van der Waals surface area contributed by atoms with E-state index in [0.717, 1.165) is 6.26 Å². The minimum absolute atomic E-state index is 0.0757. The summed E-state index contributed by atoms with van der Waals surface area (Å²) in [6, 6.07) is 4.37. The molecule has 0 radical (unpaired) electrons. The number of carboxylic acid groups (broad SMARTS) is 1. The van der Waals surface area contributed by atoms with Gasteiger partial charge in [0.15, 0.2) is 9.84 Å². The quantitative estimate of drug-likeness (QED) is 0.864. The van der Waals surface area contributed by atoms with E-state index in [9.17, 15) is 13.2 Å². The molecular formula is C13H14N2O5S. The van der Waals surface area contributed by atoms with Crippen LogP contribution < -0.4 is 5.32 Å². The molecule has 2 rings (SSSR count). The number of nitrogens with zero attached hydrogens (tertiary/aromatic N) is 1. The fraction of sp³-hybridized carbons (Fsp3) is 0.231. The van der Waals surface area contributed by atoms with E-state index in [1.54, 1.807) is 6.92 Å². The van der Waals surface area contributed by atoms with Gasteiger partial charge < -0.3 is 14.8 Å². The maximum atomic E-state index is 11.6. The molecule has 0 amide bonds. The molecule has 0 unspecified atom stereocenters. The number of rotatable bonds is 5. The van der Waals surface area contributed by atoms with Gasteiger partial charge in [0.05, 0.1) is 6.54 Å². The Morgan fingerprint density at radius 1 is 1.48 bits per heavy atom. The predicted molar refractivity (Wildman–Crippen MR) is 75.1 cm³/mol. The lowest BCUT2D eigenvalue weighted by Crippen LogP contribution is -2.07. The lowest BCUT2D eigenvalue weighted by molar-refractivity contribution is 0.0695. The Balaban J connectivity index is 2.21. The molecule has 21 heavy (non-hydrogen) atoms. The third-order valence-electron chi connectivity index (χ3n) is 2.80. The van der Waals surface area contributed by atoms with Crippen LogP contribution in [0.3, 0.4) is 0 Å². The van der Waals surface area contributed by atoms with Crippen molar-refractivity contribution in [1.82, 2.24) is 4.98 Å². The number of carbonyl (C=O) groups is 1. The van der Waals surface area contributed by atoms with Crippen molar-refractivity contribution in [3.8, 4) is 0 Å². The van der Waals surface area contributed by atoms with E-state index < -0.39 is 15.8 Å². The first-order valence-corrected chi connectivity index (χ1v) is 7.89. The maximum absolute atomic E-state index is 11.6. The number of anilines is 1. The fourth-order valence-electron chi connectivity index (χ4n) is 1.84. The molecule has 0 aliphatic carbocycles. The largest absolute Gasteiger partial charge is 0.478 e. The molecule has 7 nitrogen and oxygen atoms in total. The van der Waals surface area contributed by atoms with Crippen LogP contribution in [0.1, 0.15) is 21.9 Å². The summed E-state index contributed by atoms with van der Waals surface area (Å²) in [5.74, 6) is -0.193. The van der Waals surface area contributed by atoms with E-state index in [1.165, 1.54) is 24.4 Å². The van der Waals surface area contributed by atoms with Crippen molar-refractivity contribution >= 4 is 21.6 Å². The van der Waals surface area contributed by atoms with Gasteiger partial charge in [-0.05, 0) is 25.1 Å². The minimum atomic E-state index is -3.40. The summed E-state index contributed by atoms with van der Waals surface area (Å²) in [7, 11) is -3.40. The van der Waals surface area contributed by atoms with Gasteiger partial charge in [0.25, 0.3) is 0 Å². The maximum Gasteiger partial charge on any atom is 0.339 e. The highest BCUT2D eigenvalue weighted by Crippen LogP contribution is 2.20. The van der Waals surface area contributed by atoms with Crippen LogP contribution in [0.2, 0.25) is 0 Å². The Morgan fingerprint density at radius 2 is 2.19 bits per heavy atom. The summed E-state index contributed by atoms with van der Waals surface area (Å²) < 4.78 is 28.6. The number of hydrogen-bond donors (Lipinski definition) is 2. The molecule has 0 aliphatic heterocycles. The number of aromatic nitrogens is 1. The van der Waals surface area contributed by atoms with Crippen LogP contribution in [-0.2, 0) is 16.4 Å². The monoisotopic (exact) mass is 310 g/mol. The van der Waals surface area contributed by atoms with E-state index in [1.807, 2.05) is 0 Å². The van der Waals surface area contributed by atoms with Crippen molar-refractivity contribution in [2.45, 2.75) is 18.4 Å². The van der Waals surface area contributed by atoms with Crippen molar-refractivity contribution < 1.29 is 22.7 Å². The van der Waals surface area contributed by atoms with Gasteiger partial charge in [0, 0.05) is 12.5 Å². The van der Waals surface area contributed by atoms with Crippen molar-refractivity contribution in [3.05, 3.63) is 41.5 Å². The van der Waals surface area contributed by atoms with Crippen LogP contribution in [0, 0.1) is 6.92 Å². The third-order valence-corrected chi connectivity index (χ3v) is 3.93. The first kappa shape index (κ1) is 15.0. The number of furan rings is 1. The van der Waals surface area contributed by atoms with Crippen molar-refractivity contribution in [1.29, 1.82) is 0 Å². The summed E-state index contributed by atoms with van der Waals surface area (Å²) in [4.78, 5) is 15.0. The summed E-state index contributed by atoms with van der Waals surface area (Å²) in [6.45, 7) is 1.68. The molecule has 112 valence electrons. The number of carboxylic acids is 1. The third kappa shape index (κ3) is 3.40. The molecule has 2 N–H and O–H groups in total. The molecule has 0 aromatic carbocycles. The Morgan fingerprint density at radius 3 is 2.76 bits per heavy atom. The van der Waals surface area contributed by atoms with Gasteiger partial charge in [-0.25, -0.2) is 18.2 Å². The zero-order chi connectivity index (χ0) is 15.6. The molecule has 0 atom stereocenters. The summed E-state index contributed by atoms with van der Waals surface area (Å²) in [5, 5.41) is 11.8. The van der Waals surface area contributed by atoms with E-state index in [0.29, 0.717) is 11.5 Å². The number of pyridine rings is 1. The number of nitrogens with one attached hydrogen (secondary N) is 1. The second kappa shape index (κ2) is 5.57. The highest BCUT2D eigenvalue weighted by atomic mass is 32.2. The second-order valence-electron chi connectivity index (χ2n) is 4.46. The normalized spacial score (nSPS) is 11.3. The average Bonchev–Trinajstić information content (AvgIpc) is 2.77. The van der Waals surface area contributed by atoms with Gasteiger partial charge in [-0.15, -0.1) is 0 Å². The van der Waals surface area contributed by atoms with Gasteiger partial charge >= 0.3 is 5.97 Å². The van der Waals surface area contributed by atoms with E-state index in [2.05, 4.69) is 10.3 Å². The molecule has 0 bridgehead atoms. The lowest BCUT2D eigenvalue weighted by Gasteiger charge is -2.07. The van der Waals surface area contributed by atoms with E-state index in [4.69, 9.17) is 9.52 Å². The Labute approximate surface area is 121 Å². The molecule has 0 aliphatic rings. The zero-order valence-electron chi connectivity index (χ0n) is 11.5. The first-order chi connectivity index (χ1) is 9.79. The summed E-state index contributed by atoms with van der Waals surface area (Å²) >= 11 is 0. The van der Waals surface area contributed by atoms with Gasteiger partial charge in [-0.2, -0.15) is 0 Å². The molecule has 2 aromatic rings. The van der Waals surface area contributed by atoms with Gasteiger partial charge in [-0.1, -0.05) is 0 Å². The topological polar surface area (TPSA) is 110 Å². The van der Waals surface area contributed by atoms with Crippen LogP contribution in [-0.4, -0.2) is 30.7 Å². The highest BCUT2D eigenvalue weighted by molar-refractivity contribution is 7.90. The van der Waals surface area contributed by atoms with Crippen molar-refractivity contribution in [3.63, 3.8) is 0 Å². The van der Waals surface area contributed by atoms with Crippen molar-refractivity contribution in [2.24, 2.45) is 0 Å².